The van der Waals surface area contributed by atoms with E-state index in [1.54, 1.807) is 0 Å². The lowest BCUT2D eigenvalue weighted by molar-refractivity contribution is -0.143. The Bertz CT molecular complexity index is 291. The maximum Gasteiger partial charge on any atom is 0.311 e. The monoisotopic (exact) mass is 225 g/mol. The molecule has 2 rings (SSSR count). The largest absolute Gasteiger partial charge is 0.481 e. The molecule has 90 valence electrons. The van der Waals surface area contributed by atoms with Crippen LogP contribution >= 0.6 is 0 Å². The number of amides is 1. The Hall–Kier alpha value is -1.06. The SMILES string of the molecule is O=C(NCC1(C(=O)O)CC1)C1CCCCC1. The fraction of sp³-hybridized carbons (Fsp3) is 0.833. The molecule has 0 aromatic heterocycles. The van der Waals surface area contributed by atoms with Crippen molar-refractivity contribution < 1.29 is 14.7 Å². The molecule has 4 nitrogen and oxygen atoms in total. The van der Waals surface area contributed by atoms with E-state index in [1.807, 2.05) is 0 Å². The van der Waals surface area contributed by atoms with Crippen molar-refractivity contribution in [1.82, 2.24) is 5.32 Å². The summed E-state index contributed by atoms with van der Waals surface area (Å²) in [7, 11) is 0. The Balaban J connectivity index is 1.77. The van der Waals surface area contributed by atoms with E-state index in [4.69, 9.17) is 5.11 Å². The van der Waals surface area contributed by atoms with Crippen LogP contribution < -0.4 is 5.32 Å². The van der Waals surface area contributed by atoms with E-state index in [2.05, 4.69) is 5.32 Å². The molecule has 0 saturated heterocycles. The van der Waals surface area contributed by atoms with E-state index in [-0.39, 0.29) is 11.8 Å². The third kappa shape index (κ3) is 2.36. The number of nitrogens with one attached hydrogen (secondary N) is 1. The Morgan fingerprint density at radius 2 is 1.81 bits per heavy atom. The minimum Gasteiger partial charge on any atom is -0.481 e. The van der Waals surface area contributed by atoms with Gasteiger partial charge in [-0.2, -0.15) is 0 Å². The summed E-state index contributed by atoms with van der Waals surface area (Å²) < 4.78 is 0. The second kappa shape index (κ2) is 4.44. The van der Waals surface area contributed by atoms with Gasteiger partial charge in [0.1, 0.15) is 0 Å². The maximum atomic E-state index is 11.8. The van der Waals surface area contributed by atoms with Gasteiger partial charge in [0.25, 0.3) is 0 Å². The van der Waals surface area contributed by atoms with Gasteiger partial charge in [-0.3, -0.25) is 9.59 Å². The number of carboxylic acid groups (broad SMARTS) is 1. The molecule has 2 saturated carbocycles. The number of aliphatic carboxylic acids is 1. The predicted molar refractivity (Wildman–Crippen MR) is 58.9 cm³/mol. The lowest BCUT2D eigenvalue weighted by Gasteiger charge is -2.21. The van der Waals surface area contributed by atoms with Crippen LogP contribution in [-0.4, -0.2) is 23.5 Å². The summed E-state index contributed by atoms with van der Waals surface area (Å²) >= 11 is 0. The molecule has 2 aliphatic carbocycles. The molecule has 16 heavy (non-hydrogen) atoms. The van der Waals surface area contributed by atoms with Crippen molar-refractivity contribution in [3.05, 3.63) is 0 Å². The van der Waals surface area contributed by atoms with E-state index in [0.717, 1.165) is 25.7 Å². The van der Waals surface area contributed by atoms with Crippen molar-refractivity contribution in [2.75, 3.05) is 6.54 Å². The Kier molecular flexibility index (Phi) is 3.17. The number of hydrogen-bond acceptors (Lipinski definition) is 2. The molecule has 0 heterocycles. The van der Waals surface area contributed by atoms with Gasteiger partial charge >= 0.3 is 5.97 Å². The fourth-order valence-corrected chi connectivity index (χ4v) is 2.38. The van der Waals surface area contributed by atoms with Gasteiger partial charge in [-0.25, -0.2) is 0 Å². The third-order valence-corrected chi connectivity index (χ3v) is 3.88. The molecule has 2 fully saturated rings. The summed E-state index contributed by atoms with van der Waals surface area (Å²) in [5.74, 6) is -0.581. The van der Waals surface area contributed by atoms with Crippen LogP contribution in [0.1, 0.15) is 44.9 Å². The topological polar surface area (TPSA) is 66.4 Å². The van der Waals surface area contributed by atoms with Gasteiger partial charge in [0.05, 0.1) is 5.41 Å². The minimum atomic E-state index is -0.767. The van der Waals surface area contributed by atoms with E-state index in [0.29, 0.717) is 19.4 Å². The highest BCUT2D eigenvalue weighted by atomic mass is 16.4. The quantitative estimate of drug-likeness (QED) is 0.762. The molecule has 1 amide bonds. The molecular weight excluding hydrogens is 206 g/mol. The molecule has 4 heteroatoms. The first-order valence-electron chi connectivity index (χ1n) is 6.15. The molecule has 0 radical (unpaired) electrons. The number of carbonyl (C=O) groups is 2. The van der Waals surface area contributed by atoms with Crippen molar-refractivity contribution in [1.29, 1.82) is 0 Å². The van der Waals surface area contributed by atoms with Crippen LogP contribution in [0.4, 0.5) is 0 Å². The summed E-state index contributed by atoms with van der Waals surface area (Å²) in [6.45, 7) is 0.317. The molecule has 2 N–H and O–H groups in total. The van der Waals surface area contributed by atoms with E-state index in [9.17, 15) is 9.59 Å². The highest BCUT2D eigenvalue weighted by molar-refractivity contribution is 5.82. The Morgan fingerprint density at radius 3 is 2.31 bits per heavy atom. The Morgan fingerprint density at radius 1 is 1.19 bits per heavy atom. The van der Waals surface area contributed by atoms with Crippen LogP contribution in [0.5, 0.6) is 0 Å². The van der Waals surface area contributed by atoms with E-state index >= 15 is 0 Å². The first kappa shape index (κ1) is 11.4. The molecule has 0 spiro atoms. The second-order valence-corrected chi connectivity index (χ2v) is 5.14. The van der Waals surface area contributed by atoms with Crippen LogP contribution in [0.3, 0.4) is 0 Å². The van der Waals surface area contributed by atoms with Gasteiger partial charge in [0, 0.05) is 12.5 Å². The van der Waals surface area contributed by atoms with Crippen LogP contribution in [0.25, 0.3) is 0 Å². The van der Waals surface area contributed by atoms with Crippen LogP contribution in [0.2, 0.25) is 0 Å². The van der Waals surface area contributed by atoms with Crippen LogP contribution in [-0.2, 0) is 9.59 Å². The summed E-state index contributed by atoms with van der Waals surface area (Å²) in [4.78, 5) is 22.7. The van der Waals surface area contributed by atoms with Crippen molar-refractivity contribution >= 4 is 11.9 Å². The first-order valence-corrected chi connectivity index (χ1v) is 6.15. The zero-order chi connectivity index (χ0) is 11.6. The standard InChI is InChI=1S/C12H19NO3/c14-10(9-4-2-1-3-5-9)13-8-12(6-7-12)11(15)16/h9H,1-8H2,(H,13,14)(H,15,16). The highest BCUT2D eigenvalue weighted by Gasteiger charge is 2.50. The molecule has 2 aliphatic rings. The zero-order valence-electron chi connectivity index (χ0n) is 9.50. The molecular formula is C12H19NO3. The first-order chi connectivity index (χ1) is 7.64. The highest BCUT2D eigenvalue weighted by Crippen LogP contribution is 2.45. The van der Waals surface area contributed by atoms with E-state index < -0.39 is 11.4 Å². The van der Waals surface area contributed by atoms with E-state index in [1.165, 1.54) is 6.42 Å². The molecule has 0 aromatic rings. The van der Waals surface area contributed by atoms with Crippen molar-refractivity contribution in [2.24, 2.45) is 11.3 Å². The lowest BCUT2D eigenvalue weighted by Crippen LogP contribution is -2.38. The second-order valence-electron chi connectivity index (χ2n) is 5.14. The average Bonchev–Trinajstić information content (AvgIpc) is 3.08. The molecule has 0 aliphatic heterocycles. The predicted octanol–water partition coefficient (Wildman–Crippen LogP) is 1.55. The molecule has 0 unspecified atom stereocenters. The van der Waals surface area contributed by atoms with Crippen molar-refractivity contribution in [2.45, 2.75) is 44.9 Å². The van der Waals surface area contributed by atoms with Crippen LogP contribution in [0.15, 0.2) is 0 Å². The molecule has 0 atom stereocenters. The van der Waals surface area contributed by atoms with Gasteiger partial charge in [-0.15, -0.1) is 0 Å². The molecule has 0 aromatic carbocycles. The maximum absolute atomic E-state index is 11.8. The number of carboxylic acids is 1. The summed E-state index contributed by atoms with van der Waals surface area (Å²) in [6, 6.07) is 0. The summed E-state index contributed by atoms with van der Waals surface area (Å²) in [6.07, 6.45) is 6.81. The van der Waals surface area contributed by atoms with Gasteiger partial charge in [-0.05, 0) is 25.7 Å². The average molecular weight is 225 g/mol. The van der Waals surface area contributed by atoms with Gasteiger partial charge in [0.15, 0.2) is 0 Å². The fourth-order valence-electron chi connectivity index (χ4n) is 2.38. The Labute approximate surface area is 95.4 Å². The summed E-state index contributed by atoms with van der Waals surface area (Å²) in [5.41, 5.74) is -0.635. The van der Waals surface area contributed by atoms with Gasteiger partial charge in [-0.1, -0.05) is 19.3 Å². The molecule has 0 bridgehead atoms. The number of carbonyl (C=O) groups excluding carboxylic acids is 1. The number of rotatable bonds is 4. The normalized spacial score (nSPS) is 23.8. The summed E-state index contributed by atoms with van der Waals surface area (Å²) in [5, 5.41) is 11.8. The zero-order valence-corrected chi connectivity index (χ0v) is 9.50. The van der Waals surface area contributed by atoms with Crippen molar-refractivity contribution in [3.8, 4) is 0 Å². The van der Waals surface area contributed by atoms with Crippen molar-refractivity contribution in [3.63, 3.8) is 0 Å². The van der Waals surface area contributed by atoms with Gasteiger partial charge in [0.2, 0.25) is 5.91 Å². The smallest absolute Gasteiger partial charge is 0.311 e. The minimum absolute atomic E-state index is 0.0622. The lowest BCUT2D eigenvalue weighted by atomic mass is 9.88. The third-order valence-electron chi connectivity index (χ3n) is 3.88. The van der Waals surface area contributed by atoms with Crippen LogP contribution in [0, 0.1) is 11.3 Å². The van der Waals surface area contributed by atoms with Gasteiger partial charge < -0.3 is 10.4 Å². The number of hydrogen-bond donors (Lipinski definition) is 2.